The van der Waals surface area contributed by atoms with Gasteiger partial charge in [-0.05, 0) is 54.3 Å². The number of hydrogen-bond acceptors (Lipinski definition) is 5. The van der Waals surface area contributed by atoms with Crippen molar-refractivity contribution < 1.29 is 9.53 Å². The lowest BCUT2D eigenvalue weighted by molar-refractivity contribution is -0.126. The van der Waals surface area contributed by atoms with E-state index >= 15 is 0 Å². The summed E-state index contributed by atoms with van der Waals surface area (Å²) in [5.41, 5.74) is 3.06. The minimum atomic E-state index is 0.0543. The zero-order valence-electron chi connectivity index (χ0n) is 15.7. The van der Waals surface area contributed by atoms with E-state index in [1.807, 2.05) is 47.5 Å². The van der Waals surface area contributed by atoms with Gasteiger partial charge in [-0.15, -0.1) is 11.3 Å². The van der Waals surface area contributed by atoms with Crippen molar-refractivity contribution in [2.24, 2.45) is 0 Å². The third-order valence-corrected chi connectivity index (χ3v) is 6.35. The van der Waals surface area contributed by atoms with Gasteiger partial charge in [0.25, 0.3) is 0 Å². The molecule has 3 heterocycles. The Labute approximate surface area is 173 Å². The fourth-order valence-electron chi connectivity index (χ4n) is 3.47. The Morgan fingerprint density at radius 1 is 1.32 bits per heavy atom. The van der Waals surface area contributed by atoms with Crippen LogP contribution in [-0.4, -0.2) is 22.3 Å². The second-order valence-electron chi connectivity index (χ2n) is 6.76. The molecule has 28 heavy (non-hydrogen) atoms. The molecule has 144 valence electrons. The van der Waals surface area contributed by atoms with Crippen LogP contribution in [0.5, 0.6) is 5.75 Å². The number of carbonyl (C=O) groups excluding carboxylic acids is 1. The fraction of sp³-hybridized carbons (Fsp3) is 0.273. The zero-order valence-corrected chi connectivity index (χ0v) is 17.3. The summed E-state index contributed by atoms with van der Waals surface area (Å²) in [5, 5.41) is 7.26. The smallest absolute Gasteiger partial charge is 0.247 e. The highest BCUT2D eigenvalue weighted by Gasteiger charge is 2.28. The van der Waals surface area contributed by atoms with Crippen molar-refractivity contribution in [3.8, 4) is 5.75 Å². The summed E-state index contributed by atoms with van der Waals surface area (Å²) in [5.74, 6) is 0.812. The number of benzene rings is 1. The third-order valence-electron chi connectivity index (χ3n) is 4.83. The van der Waals surface area contributed by atoms with Gasteiger partial charge < -0.3 is 9.64 Å². The highest BCUT2D eigenvalue weighted by atomic mass is 32.1. The van der Waals surface area contributed by atoms with Gasteiger partial charge >= 0.3 is 0 Å². The van der Waals surface area contributed by atoms with Crippen LogP contribution >= 0.6 is 22.7 Å². The molecule has 1 aliphatic rings. The number of aryl methyl sites for hydroxylation is 1. The highest BCUT2D eigenvalue weighted by Crippen LogP contribution is 2.33. The molecule has 1 unspecified atom stereocenters. The van der Waals surface area contributed by atoms with E-state index in [9.17, 15) is 4.79 Å². The van der Waals surface area contributed by atoms with Crippen LogP contribution in [-0.2, 0) is 11.4 Å². The molecule has 3 aromatic rings. The molecule has 1 saturated heterocycles. The Kier molecular flexibility index (Phi) is 5.88. The summed E-state index contributed by atoms with van der Waals surface area (Å²) in [6, 6.07) is 10.1. The Hall–Kier alpha value is -2.44. The molecule has 0 bridgehead atoms. The Balaban J connectivity index is 1.44. The monoisotopic (exact) mass is 410 g/mol. The predicted molar refractivity (Wildman–Crippen MR) is 115 cm³/mol. The average molecular weight is 411 g/mol. The summed E-state index contributed by atoms with van der Waals surface area (Å²) < 4.78 is 5.94. The molecule has 0 aliphatic carbocycles. The minimum Gasteiger partial charge on any atom is -0.487 e. The molecule has 1 aromatic carbocycles. The van der Waals surface area contributed by atoms with Crippen LogP contribution in [0.1, 0.15) is 40.7 Å². The van der Waals surface area contributed by atoms with E-state index in [1.54, 1.807) is 28.7 Å². The zero-order chi connectivity index (χ0) is 19.3. The number of aromatic nitrogens is 1. The van der Waals surface area contributed by atoms with Gasteiger partial charge in [-0.1, -0.05) is 18.2 Å². The van der Waals surface area contributed by atoms with E-state index in [2.05, 4.69) is 21.8 Å². The lowest BCUT2D eigenvalue weighted by Crippen LogP contribution is -2.28. The Bertz CT molecular complexity index is 963. The summed E-state index contributed by atoms with van der Waals surface area (Å²) in [6.07, 6.45) is 5.60. The first kappa shape index (κ1) is 18.9. The van der Waals surface area contributed by atoms with Crippen LogP contribution in [0.4, 0.5) is 0 Å². The second kappa shape index (κ2) is 8.71. The van der Waals surface area contributed by atoms with Crippen LogP contribution in [0.15, 0.2) is 52.5 Å². The van der Waals surface area contributed by atoms with Crippen LogP contribution < -0.4 is 4.74 Å². The average Bonchev–Trinajstić information content (AvgIpc) is 3.45. The van der Waals surface area contributed by atoms with Gasteiger partial charge in [0, 0.05) is 23.6 Å². The largest absolute Gasteiger partial charge is 0.487 e. The SMILES string of the molecule is Cc1nc(COc2ccccc2/C=C/C(=O)N2CCCC2c2ccsc2)cs1. The molecule has 1 atom stereocenters. The Morgan fingerprint density at radius 2 is 2.21 bits per heavy atom. The predicted octanol–water partition coefficient (Wildman–Crippen LogP) is 5.47. The minimum absolute atomic E-state index is 0.0543. The number of thiophene rings is 1. The molecule has 0 radical (unpaired) electrons. The highest BCUT2D eigenvalue weighted by molar-refractivity contribution is 7.09. The molecule has 2 aromatic heterocycles. The molecule has 0 saturated carbocycles. The number of hydrogen-bond donors (Lipinski definition) is 0. The molecule has 0 N–H and O–H groups in total. The fourth-order valence-corrected chi connectivity index (χ4v) is 4.78. The van der Waals surface area contributed by atoms with E-state index in [0.717, 1.165) is 41.4 Å². The first-order valence-electron chi connectivity index (χ1n) is 9.34. The molecular formula is C22H22N2O2S2. The van der Waals surface area contributed by atoms with Gasteiger partial charge in [0.1, 0.15) is 12.4 Å². The van der Waals surface area contributed by atoms with E-state index < -0.39 is 0 Å². The number of para-hydroxylation sites is 1. The molecule has 0 spiro atoms. The summed E-state index contributed by atoms with van der Waals surface area (Å²) in [4.78, 5) is 19.2. The van der Waals surface area contributed by atoms with Crippen molar-refractivity contribution in [1.29, 1.82) is 0 Å². The van der Waals surface area contributed by atoms with Crippen molar-refractivity contribution in [3.05, 3.63) is 74.4 Å². The number of likely N-dealkylation sites (tertiary alicyclic amines) is 1. The van der Waals surface area contributed by atoms with Crippen molar-refractivity contribution in [3.63, 3.8) is 0 Å². The van der Waals surface area contributed by atoms with E-state index in [0.29, 0.717) is 6.61 Å². The third kappa shape index (κ3) is 4.34. The van der Waals surface area contributed by atoms with Gasteiger partial charge in [0.2, 0.25) is 5.91 Å². The number of rotatable bonds is 6. The maximum absolute atomic E-state index is 12.8. The van der Waals surface area contributed by atoms with Crippen LogP contribution in [0, 0.1) is 6.92 Å². The van der Waals surface area contributed by atoms with Crippen LogP contribution in [0.25, 0.3) is 6.08 Å². The van der Waals surface area contributed by atoms with Gasteiger partial charge in [0.15, 0.2) is 0 Å². The number of nitrogens with zero attached hydrogens (tertiary/aromatic N) is 2. The van der Waals surface area contributed by atoms with Gasteiger partial charge in [0.05, 0.1) is 16.7 Å². The van der Waals surface area contributed by atoms with Crippen molar-refractivity contribution in [1.82, 2.24) is 9.88 Å². The summed E-state index contributed by atoms with van der Waals surface area (Å²) in [6.45, 7) is 3.22. The van der Waals surface area contributed by atoms with E-state index in [-0.39, 0.29) is 11.9 Å². The molecule has 1 aliphatic heterocycles. The Morgan fingerprint density at radius 3 is 3.00 bits per heavy atom. The molecule has 6 heteroatoms. The molecular weight excluding hydrogens is 388 g/mol. The maximum Gasteiger partial charge on any atom is 0.247 e. The van der Waals surface area contributed by atoms with E-state index in [1.165, 1.54) is 5.56 Å². The second-order valence-corrected chi connectivity index (χ2v) is 8.61. The molecule has 4 rings (SSSR count). The number of thiazole rings is 1. The van der Waals surface area contributed by atoms with Crippen molar-refractivity contribution in [2.45, 2.75) is 32.4 Å². The van der Waals surface area contributed by atoms with Crippen molar-refractivity contribution >= 4 is 34.7 Å². The first-order valence-corrected chi connectivity index (χ1v) is 11.2. The van der Waals surface area contributed by atoms with Gasteiger partial charge in [-0.25, -0.2) is 4.98 Å². The number of carbonyl (C=O) groups is 1. The molecule has 4 nitrogen and oxygen atoms in total. The van der Waals surface area contributed by atoms with Gasteiger partial charge in [-0.2, -0.15) is 11.3 Å². The quantitative estimate of drug-likeness (QED) is 0.506. The van der Waals surface area contributed by atoms with Gasteiger partial charge in [-0.3, -0.25) is 4.79 Å². The van der Waals surface area contributed by atoms with Crippen LogP contribution in [0.3, 0.4) is 0 Å². The molecule has 1 amide bonds. The number of amides is 1. The normalized spacial score (nSPS) is 16.8. The lowest BCUT2D eigenvalue weighted by Gasteiger charge is -2.22. The van der Waals surface area contributed by atoms with Crippen molar-refractivity contribution in [2.75, 3.05) is 6.54 Å². The topological polar surface area (TPSA) is 42.4 Å². The number of ether oxygens (including phenoxy) is 1. The van der Waals surface area contributed by atoms with Crippen LogP contribution in [0.2, 0.25) is 0 Å². The summed E-state index contributed by atoms with van der Waals surface area (Å²) in [7, 11) is 0. The maximum atomic E-state index is 12.8. The molecule has 1 fully saturated rings. The van der Waals surface area contributed by atoms with E-state index in [4.69, 9.17) is 4.74 Å². The summed E-state index contributed by atoms with van der Waals surface area (Å²) >= 11 is 3.30. The lowest BCUT2D eigenvalue weighted by atomic mass is 10.1. The standard InChI is InChI=1S/C22H22N2O2S2/c1-16-23-19(15-28-16)13-26-21-7-3-2-5-17(21)8-9-22(25)24-11-4-6-20(24)18-10-12-27-14-18/h2-3,5,7-10,12,14-15,20H,4,6,11,13H2,1H3/b9-8+. The first-order chi connectivity index (χ1) is 13.7.